The van der Waals surface area contributed by atoms with Crippen LogP contribution in [0.2, 0.25) is 0 Å². The molecule has 2 heteroatoms. The van der Waals surface area contributed by atoms with E-state index in [1.54, 1.807) is 0 Å². The van der Waals surface area contributed by atoms with Crippen LogP contribution in [0, 0.1) is 6.92 Å². The zero-order chi connectivity index (χ0) is 10.0. The standard InChI is InChI=1S/C12H18N2/c1-10-8-14-7-4-11(10)12(9-13)5-2-3-6-12/h4,7-8H,2-3,5-6,9,13H2,1H3. The van der Waals surface area contributed by atoms with E-state index in [1.165, 1.54) is 36.8 Å². The van der Waals surface area contributed by atoms with Crippen molar-refractivity contribution in [1.29, 1.82) is 0 Å². The molecule has 0 amide bonds. The SMILES string of the molecule is Cc1cnccc1C1(CN)CCCC1. The Bertz CT molecular complexity index is 314. The predicted molar refractivity (Wildman–Crippen MR) is 58.2 cm³/mol. The average molecular weight is 190 g/mol. The second kappa shape index (κ2) is 3.70. The minimum absolute atomic E-state index is 0.257. The number of nitrogens with two attached hydrogens (primary N) is 1. The molecule has 0 atom stereocenters. The third-order valence-electron chi connectivity index (χ3n) is 3.54. The van der Waals surface area contributed by atoms with Crippen molar-refractivity contribution < 1.29 is 0 Å². The lowest BCUT2D eigenvalue weighted by Crippen LogP contribution is -2.32. The van der Waals surface area contributed by atoms with E-state index in [1.807, 2.05) is 12.4 Å². The van der Waals surface area contributed by atoms with Crippen molar-refractivity contribution in [3.8, 4) is 0 Å². The van der Waals surface area contributed by atoms with Crippen molar-refractivity contribution >= 4 is 0 Å². The molecule has 2 nitrogen and oxygen atoms in total. The predicted octanol–water partition coefficient (Wildman–Crippen LogP) is 2.16. The molecule has 2 N–H and O–H groups in total. The average Bonchev–Trinajstić information content (AvgIpc) is 2.68. The first-order valence-corrected chi connectivity index (χ1v) is 5.40. The van der Waals surface area contributed by atoms with Gasteiger partial charge in [-0.3, -0.25) is 4.98 Å². The Morgan fingerprint density at radius 2 is 2.14 bits per heavy atom. The van der Waals surface area contributed by atoms with Gasteiger partial charge in [-0.15, -0.1) is 0 Å². The summed E-state index contributed by atoms with van der Waals surface area (Å²) in [7, 11) is 0. The maximum Gasteiger partial charge on any atom is 0.0300 e. The molecule has 1 fully saturated rings. The smallest absolute Gasteiger partial charge is 0.0300 e. The number of nitrogens with zero attached hydrogens (tertiary/aromatic N) is 1. The Morgan fingerprint density at radius 3 is 2.71 bits per heavy atom. The van der Waals surface area contributed by atoms with E-state index >= 15 is 0 Å². The number of hydrogen-bond acceptors (Lipinski definition) is 2. The van der Waals surface area contributed by atoms with E-state index in [4.69, 9.17) is 5.73 Å². The third kappa shape index (κ3) is 1.44. The molecule has 1 aromatic heterocycles. The number of rotatable bonds is 2. The Hall–Kier alpha value is -0.890. The molecule has 0 saturated heterocycles. The topological polar surface area (TPSA) is 38.9 Å². The highest BCUT2D eigenvalue weighted by Crippen LogP contribution is 2.41. The minimum Gasteiger partial charge on any atom is -0.330 e. The fourth-order valence-corrected chi connectivity index (χ4v) is 2.70. The van der Waals surface area contributed by atoms with Gasteiger partial charge in [-0.05, 0) is 37.0 Å². The van der Waals surface area contributed by atoms with Gasteiger partial charge in [-0.1, -0.05) is 12.8 Å². The van der Waals surface area contributed by atoms with Crippen LogP contribution in [0.4, 0.5) is 0 Å². The van der Waals surface area contributed by atoms with Crippen molar-refractivity contribution in [1.82, 2.24) is 4.98 Å². The Morgan fingerprint density at radius 1 is 1.43 bits per heavy atom. The maximum absolute atomic E-state index is 5.95. The summed E-state index contributed by atoms with van der Waals surface area (Å²) in [6.45, 7) is 2.91. The van der Waals surface area contributed by atoms with Crippen molar-refractivity contribution in [3.05, 3.63) is 29.6 Å². The van der Waals surface area contributed by atoms with Crippen LogP contribution < -0.4 is 5.73 Å². The molecule has 1 saturated carbocycles. The fraction of sp³-hybridized carbons (Fsp3) is 0.583. The van der Waals surface area contributed by atoms with Gasteiger partial charge >= 0.3 is 0 Å². The second-order valence-corrected chi connectivity index (χ2v) is 4.38. The van der Waals surface area contributed by atoms with Crippen molar-refractivity contribution in [3.63, 3.8) is 0 Å². The van der Waals surface area contributed by atoms with Crippen LogP contribution in [-0.4, -0.2) is 11.5 Å². The highest BCUT2D eigenvalue weighted by atomic mass is 14.6. The molecular weight excluding hydrogens is 172 g/mol. The lowest BCUT2D eigenvalue weighted by atomic mass is 9.77. The quantitative estimate of drug-likeness (QED) is 0.776. The number of aryl methyl sites for hydroxylation is 1. The minimum atomic E-state index is 0.257. The maximum atomic E-state index is 5.95. The molecule has 0 bridgehead atoms. The van der Waals surface area contributed by atoms with Gasteiger partial charge in [0.15, 0.2) is 0 Å². The van der Waals surface area contributed by atoms with Crippen LogP contribution in [-0.2, 0) is 5.41 Å². The molecule has 1 aliphatic carbocycles. The molecule has 0 aromatic carbocycles. The number of pyridine rings is 1. The summed E-state index contributed by atoms with van der Waals surface area (Å²) >= 11 is 0. The third-order valence-corrected chi connectivity index (χ3v) is 3.54. The summed E-state index contributed by atoms with van der Waals surface area (Å²) in [5.74, 6) is 0. The lowest BCUT2D eigenvalue weighted by Gasteiger charge is -2.29. The monoisotopic (exact) mass is 190 g/mol. The van der Waals surface area contributed by atoms with E-state index < -0.39 is 0 Å². The fourth-order valence-electron chi connectivity index (χ4n) is 2.70. The van der Waals surface area contributed by atoms with Crippen LogP contribution in [0.1, 0.15) is 36.8 Å². The molecule has 0 unspecified atom stereocenters. The summed E-state index contributed by atoms with van der Waals surface area (Å²) in [4.78, 5) is 4.14. The van der Waals surface area contributed by atoms with E-state index in [0.29, 0.717) is 0 Å². The van der Waals surface area contributed by atoms with Crippen LogP contribution >= 0.6 is 0 Å². The van der Waals surface area contributed by atoms with E-state index in [0.717, 1.165) is 6.54 Å². The largest absolute Gasteiger partial charge is 0.330 e. The molecular formula is C12H18N2. The van der Waals surface area contributed by atoms with Crippen LogP contribution in [0.3, 0.4) is 0 Å². The molecule has 0 aliphatic heterocycles. The summed E-state index contributed by atoms with van der Waals surface area (Å²) in [5.41, 5.74) is 8.92. The molecule has 14 heavy (non-hydrogen) atoms. The summed E-state index contributed by atoms with van der Waals surface area (Å²) in [6.07, 6.45) is 8.96. The highest BCUT2D eigenvalue weighted by molar-refractivity contribution is 5.32. The highest BCUT2D eigenvalue weighted by Gasteiger charge is 2.35. The summed E-state index contributed by atoms with van der Waals surface area (Å²) in [6, 6.07) is 2.15. The molecule has 76 valence electrons. The molecule has 1 aliphatic rings. The number of aromatic nitrogens is 1. The van der Waals surface area contributed by atoms with Crippen LogP contribution in [0.15, 0.2) is 18.5 Å². The van der Waals surface area contributed by atoms with Gasteiger partial charge in [-0.2, -0.15) is 0 Å². The van der Waals surface area contributed by atoms with E-state index in [-0.39, 0.29) is 5.41 Å². The lowest BCUT2D eigenvalue weighted by molar-refractivity contribution is 0.450. The van der Waals surface area contributed by atoms with Gasteiger partial charge in [0, 0.05) is 24.4 Å². The Balaban J connectivity index is 2.41. The molecule has 1 heterocycles. The van der Waals surface area contributed by atoms with Crippen LogP contribution in [0.25, 0.3) is 0 Å². The first kappa shape index (κ1) is 9.66. The van der Waals surface area contributed by atoms with Gasteiger partial charge in [0.2, 0.25) is 0 Å². The molecule has 2 rings (SSSR count). The van der Waals surface area contributed by atoms with Crippen molar-refractivity contribution in [2.45, 2.75) is 38.0 Å². The van der Waals surface area contributed by atoms with Gasteiger partial charge < -0.3 is 5.73 Å². The van der Waals surface area contributed by atoms with Gasteiger partial charge in [-0.25, -0.2) is 0 Å². The molecule has 0 radical (unpaired) electrons. The van der Waals surface area contributed by atoms with E-state index in [9.17, 15) is 0 Å². The first-order valence-electron chi connectivity index (χ1n) is 5.40. The second-order valence-electron chi connectivity index (χ2n) is 4.38. The molecule has 0 spiro atoms. The van der Waals surface area contributed by atoms with Crippen molar-refractivity contribution in [2.24, 2.45) is 5.73 Å². The summed E-state index contributed by atoms with van der Waals surface area (Å²) < 4.78 is 0. The van der Waals surface area contributed by atoms with E-state index in [2.05, 4.69) is 18.0 Å². The zero-order valence-corrected chi connectivity index (χ0v) is 8.79. The van der Waals surface area contributed by atoms with Crippen LogP contribution in [0.5, 0.6) is 0 Å². The van der Waals surface area contributed by atoms with Gasteiger partial charge in [0.25, 0.3) is 0 Å². The summed E-state index contributed by atoms with van der Waals surface area (Å²) in [5, 5.41) is 0. The van der Waals surface area contributed by atoms with Gasteiger partial charge in [0.05, 0.1) is 0 Å². The van der Waals surface area contributed by atoms with Gasteiger partial charge in [0.1, 0.15) is 0 Å². The van der Waals surface area contributed by atoms with Crippen molar-refractivity contribution in [2.75, 3.05) is 6.54 Å². The Kier molecular flexibility index (Phi) is 2.55. The normalized spacial score (nSPS) is 19.9. The number of hydrogen-bond donors (Lipinski definition) is 1. The Labute approximate surface area is 85.5 Å². The molecule has 1 aromatic rings. The zero-order valence-electron chi connectivity index (χ0n) is 8.79. The first-order chi connectivity index (χ1) is 6.78.